The zero-order chi connectivity index (χ0) is 9.52. The van der Waals surface area contributed by atoms with Gasteiger partial charge in [-0.25, -0.2) is 5.43 Å². The second-order valence-corrected chi connectivity index (χ2v) is 3.14. The fourth-order valence-electron chi connectivity index (χ4n) is 1.40. The number of nitrogens with zero attached hydrogens (tertiary/aromatic N) is 2. The van der Waals surface area contributed by atoms with Crippen LogP contribution in [0.1, 0.15) is 38.5 Å². The van der Waals surface area contributed by atoms with E-state index in [0.29, 0.717) is 0 Å². The Morgan fingerprint density at radius 3 is 2.46 bits per heavy atom. The number of amides is 1. The van der Waals surface area contributed by atoms with Crippen LogP contribution in [0.15, 0.2) is 5.10 Å². The Kier molecular flexibility index (Phi) is 3.97. The van der Waals surface area contributed by atoms with Crippen molar-refractivity contribution < 1.29 is 4.79 Å². The van der Waals surface area contributed by atoms with Crippen LogP contribution in [-0.4, -0.2) is 11.6 Å². The quantitative estimate of drug-likeness (QED) is 0.375. The van der Waals surface area contributed by atoms with E-state index < -0.39 is 5.91 Å². The molecular weight excluding hydrogens is 166 g/mol. The number of nitriles is 1. The summed E-state index contributed by atoms with van der Waals surface area (Å²) in [6.07, 6.45) is 6.66. The van der Waals surface area contributed by atoms with Crippen LogP contribution in [0.3, 0.4) is 0 Å². The molecule has 1 amide bonds. The fourth-order valence-corrected chi connectivity index (χ4v) is 1.40. The Bertz CT molecular complexity index is 242. The van der Waals surface area contributed by atoms with Gasteiger partial charge in [-0.05, 0) is 25.7 Å². The van der Waals surface area contributed by atoms with Gasteiger partial charge >= 0.3 is 5.91 Å². The smallest absolute Gasteiger partial charge is 0.255 e. The summed E-state index contributed by atoms with van der Waals surface area (Å²) in [6.45, 7) is 0. The molecule has 0 spiro atoms. The highest BCUT2D eigenvalue weighted by Crippen LogP contribution is 2.14. The van der Waals surface area contributed by atoms with Gasteiger partial charge in [0, 0.05) is 5.71 Å². The zero-order valence-electron chi connectivity index (χ0n) is 7.55. The van der Waals surface area contributed by atoms with E-state index in [1.165, 1.54) is 18.9 Å². The highest BCUT2D eigenvalue weighted by molar-refractivity contribution is 5.93. The third-order valence-corrected chi connectivity index (χ3v) is 2.10. The zero-order valence-corrected chi connectivity index (χ0v) is 7.55. The summed E-state index contributed by atoms with van der Waals surface area (Å²) >= 11 is 0. The van der Waals surface area contributed by atoms with Crippen molar-refractivity contribution in [2.24, 2.45) is 5.10 Å². The van der Waals surface area contributed by atoms with Crippen LogP contribution in [0.4, 0.5) is 0 Å². The average Bonchev–Trinajstić information content (AvgIpc) is 2.42. The van der Waals surface area contributed by atoms with E-state index in [1.54, 1.807) is 0 Å². The number of nitrogens with one attached hydrogen (secondary N) is 1. The van der Waals surface area contributed by atoms with Crippen molar-refractivity contribution in [2.45, 2.75) is 38.5 Å². The van der Waals surface area contributed by atoms with Gasteiger partial charge in [0.25, 0.3) is 0 Å². The van der Waals surface area contributed by atoms with Gasteiger partial charge < -0.3 is 0 Å². The molecule has 0 unspecified atom stereocenters. The lowest BCUT2D eigenvalue weighted by Gasteiger charge is -1.99. The minimum Gasteiger partial charge on any atom is -0.255 e. The van der Waals surface area contributed by atoms with Gasteiger partial charge in [0.2, 0.25) is 0 Å². The SMILES string of the molecule is N#CC(=O)NN=C1CCCCCC1. The molecule has 1 aliphatic rings. The van der Waals surface area contributed by atoms with E-state index in [2.05, 4.69) is 10.5 Å². The van der Waals surface area contributed by atoms with Crippen molar-refractivity contribution in [3.05, 3.63) is 0 Å². The van der Waals surface area contributed by atoms with E-state index in [0.717, 1.165) is 31.4 Å². The molecule has 0 heterocycles. The number of carbonyl (C=O) groups excluding carboxylic acids is 1. The number of rotatable bonds is 1. The van der Waals surface area contributed by atoms with Crippen LogP contribution in [0.25, 0.3) is 0 Å². The monoisotopic (exact) mass is 179 g/mol. The lowest BCUT2D eigenvalue weighted by atomic mass is 10.2. The van der Waals surface area contributed by atoms with Crippen LogP contribution in [0.5, 0.6) is 0 Å². The van der Waals surface area contributed by atoms with Gasteiger partial charge in [-0.2, -0.15) is 10.4 Å². The Morgan fingerprint density at radius 2 is 1.92 bits per heavy atom. The number of hydrogen-bond donors (Lipinski definition) is 1. The van der Waals surface area contributed by atoms with E-state index in [-0.39, 0.29) is 0 Å². The lowest BCUT2D eigenvalue weighted by molar-refractivity contribution is -0.115. The summed E-state index contributed by atoms with van der Waals surface area (Å²) < 4.78 is 0. The van der Waals surface area contributed by atoms with Gasteiger partial charge in [-0.3, -0.25) is 4.79 Å². The molecule has 1 fully saturated rings. The highest BCUT2D eigenvalue weighted by atomic mass is 16.2. The first-order chi connectivity index (χ1) is 6.33. The van der Waals surface area contributed by atoms with Crippen molar-refractivity contribution in [1.82, 2.24) is 5.43 Å². The van der Waals surface area contributed by atoms with Crippen molar-refractivity contribution in [1.29, 1.82) is 5.26 Å². The van der Waals surface area contributed by atoms with Gasteiger partial charge in [0.15, 0.2) is 6.07 Å². The molecule has 0 atom stereocenters. The normalized spacial score (nSPS) is 17.0. The van der Waals surface area contributed by atoms with Crippen molar-refractivity contribution in [3.8, 4) is 6.07 Å². The summed E-state index contributed by atoms with van der Waals surface area (Å²) in [5.41, 5.74) is 3.23. The first-order valence-electron chi connectivity index (χ1n) is 4.58. The Morgan fingerprint density at radius 1 is 1.31 bits per heavy atom. The van der Waals surface area contributed by atoms with Crippen LogP contribution < -0.4 is 5.43 Å². The van der Waals surface area contributed by atoms with Crippen LogP contribution in [0, 0.1) is 11.3 Å². The Labute approximate surface area is 77.6 Å². The summed E-state index contributed by atoms with van der Waals surface area (Å²) in [7, 11) is 0. The molecule has 0 aromatic rings. The van der Waals surface area contributed by atoms with E-state index in [4.69, 9.17) is 5.26 Å². The van der Waals surface area contributed by atoms with Gasteiger partial charge in [0.1, 0.15) is 0 Å². The molecule has 4 nitrogen and oxygen atoms in total. The Balaban J connectivity index is 2.40. The topological polar surface area (TPSA) is 65.2 Å². The largest absolute Gasteiger partial charge is 0.342 e. The summed E-state index contributed by atoms with van der Waals surface area (Å²) in [6, 6.07) is 1.46. The molecule has 0 aliphatic heterocycles. The molecule has 0 aromatic carbocycles. The van der Waals surface area contributed by atoms with Crippen LogP contribution in [0.2, 0.25) is 0 Å². The average molecular weight is 179 g/mol. The van der Waals surface area contributed by atoms with E-state index in [9.17, 15) is 4.79 Å². The predicted molar refractivity (Wildman–Crippen MR) is 48.9 cm³/mol. The maximum Gasteiger partial charge on any atom is 0.342 e. The molecule has 0 bridgehead atoms. The van der Waals surface area contributed by atoms with Crippen molar-refractivity contribution in [3.63, 3.8) is 0 Å². The molecule has 1 aliphatic carbocycles. The molecular formula is C9H13N3O. The predicted octanol–water partition coefficient (Wildman–Crippen LogP) is 1.34. The molecule has 4 heteroatoms. The number of hydrazone groups is 1. The minimum absolute atomic E-state index is 0.684. The molecule has 1 N–H and O–H groups in total. The second kappa shape index (κ2) is 5.31. The fraction of sp³-hybridized carbons (Fsp3) is 0.667. The van der Waals surface area contributed by atoms with Crippen LogP contribution >= 0.6 is 0 Å². The Hall–Kier alpha value is -1.37. The minimum atomic E-state index is -0.684. The first kappa shape index (κ1) is 9.72. The number of carbonyl (C=O) groups is 1. The van der Waals surface area contributed by atoms with E-state index in [1.807, 2.05) is 0 Å². The van der Waals surface area contributed by atoms with E-state index >= 15 is 0 Å². The standard InChI is InChI=1S/C9H13N3O/c10-7-9(13)12-11-8-5-3-1-2-4-6-8/h1-6H2,(H,12,13). The number of hydrogen-bond acceptors (Lipinski definition) is 3. The van der Waals surface area contributed by atoms with Crippen molar-refractivity contribution >= 4 is 11.6 Å². The third-order valence-electron chi connectivity index (χ3n) is 2.10. The third kappa shape index (κ3) is 3.70. The molecule has 70 valence electrons. The summed E-state index contributed by atoms with van der Waals surface area (Å²) in [5.74, 6) is -0.684. The maximum atomic E-state index is 10.6. The maximum absolute atomic E-state index is 10.6. The first-order valence-corrected chi connectivity index (χ1v) is 4.58. The molecule has 0 saturated heterocycles. The van der Waals surface area contributed by atoms with Crippen LogP contribution in [-0.2, 0) is 4.79 Å². The van der Waals surface area contributed by atoms with Crippen molar-refractivity contribution in [2.75, 3.05) is 0 Å². The summed E-state index contributed by atoms with van der Waals surface area (Å²) in [5, 5.41) is 12.1. The van der Waals surface area contributed by atoms with Gasteiger partial charge in [0.05, 0.1) is 0 Å². The molecule has 13 heavy (non-hydrogen) atoms. The molecule has 0 aromatic heterocycles. The highest BCUT2D eigenvalue weighted by Gasteiger charge is 2.05. The second-order valence-electron chi connectivity index (χ2n) is 3.14. The molecule has 0 radical (unpaired) electrons. The molecule has 1 rings (SSSR count). The summed E-state index contributed by atoms with van der Waals surface area (Å²) in [4.78, 5) is 10.6. The molecule has 1 saturated carbocycles. The van der Waals surface area contributed by atoms with Gasteiger partial charge in [-0.15, -0.1) is 0 Å². The lowest BCUT2D eigenvalue weighted by Crippen LogP contribution is -2.17. The van der Waals surface area contributed by atoms with Gasteiger partial charge in [-0.1, -0.05) is 12.8 Å².